The number of esters is 1. The zero-order valence-electron chi connectivity index (χ0n) is 11.6. The van der Waals surface area contributed by atoms with E-state index in [1.165, 1.54) is 33.0 Å². The van der Waals surface area contributed by atoms with Crippen molar-refractivity contribution in [1.82, 2.24) is 10.2 Å². The first-order valence-electron chi connectivity index (χ1n) is 6.84. The Balaban J connectivity index is 1.77. The Hall–Kier alpha value is -1.33. The summed E-state index contributed by atoms with van der Waals surface area (Å²) >= 11 is 0. The van der Waals surface area contributed by atoms with Gasteiger partial charge in [-0.25, -0.2) is 4.79 Å². The van der Waals surface area contributed by atoms with E-state index in [9.17, 15) is 4.79 Å². The third kappa shape index (κ3) is 3.81. The molecule has 0 aromatic carbocycles. The fourth-order valence-electron chi connectivity index (χ4n) is 2.34. The molecule has 0 aliphatic carbocycles. The van der Waals surface area contributed by atoms with E-state index in [-0.39, 0.29) is 11.8 Å². The maximum atomic E-state index is 11.3. The predicted octanol–water partition coefficient (Wildman–Crippen LogP) is 1.81. The molecule has 5 nitrogen and oxygen atoms in total. The van der Waals surface area contributed by atoms with Gasteiger partial charge in [-0.2, -0.15) is 0 Å². The predicted molar refractivity (Wildman–Crippen MR) is 72.1 cm³/mol. The second-order valence-corrected chi connectivity index (χ2v) is 4.92. The Bertz CT molecular complexity index is 411. The van der Waals surface area contributed by atoms with Crippen LogP contribution in [-0.2, 0) is 4.74 Å². The van der Waals surface area contributed by atoms with Crippen LogP contribution in [0.4, 0.5) is 0 Å². The first kappa shape index (κ1) is 14.1. The number of hydrogen-bond acceptors (Lipinski definition) is 5. The number of furan rings is 1. The number of ether oxygens (including phenoxy) is 1. The van der Waals surface area contributed by atoms with Crippen LogP contribution in [0.15, 0.2) is 16.5 Å². The Kier molecular flexibility index (Phi) is 4.99. The summed E-state index contributed by atoms with van der Waals surface area (Å²) in [5, 5.41) is 3.41. The van der Waals surface area contributed by atoms with Gasteiger partial charge in [-0.1, -0.05) is 0 Å². The van der Waals surface area contributed by atoms with Crippen LogP contribution < -0.4 is 5.32 Å². The lowest BCUT2D eigenvalue weighted by Gasteiger charge is -2.17. The van der Waals surface area contributed by atoms with Gasteiger partial charge in [0.15, 0.2) is 0 Å². The maximum absolute atomic E-state index is 11.3. The van der Waals surface area contributed by atoms with E-state index in [0.717, 1.165) is 18.8 Å². The first-order valence-corrected chi connectivity index (χ1v) is 6.84. The molecule has 1 saturated heterocycles. The van der Waals surface area contributed by atoms with Gasteiger partial charge in [-0.05, 0) is 45.0 Å². The van der Waals surface area contributed by atoms with E-state index in [1.807, 2.05) is 13.0 Å². The van der Waals surface area contributed by atoms with E-state index in [0.29, 0.717) is 0 Å². The summed E-state index contributed by atoms with van der Waals surface area (Å²) in [6, 6.07) is 3.57. The lowest BCUT2D eigenvalue weighted by atomic mass is 10.2. The Morgan fingerprint density at radius 1 is 1.47 bits per heavy atom. The minimum atomic E-state index is -0.435. The van der Waals surface area contributed by atoms with Crippen LogP contribution >= 0.6 is 0 Å². The number of nitrogens with zero attached hydrogens (tertiary/aromatic N) is 1. The van der Waals surface area contributed by atoms with Crippen LogP contribution in [-0.4, -0.2) is 44.2 Å². The van der Waals surface area contributed by atoms with Crippen molar-refractivity contribution in [2.45, 2.75) is 25.8 Å². The van der Waals surface area contributed by atoms with E-state index in [1.54, 1.807) is 6.07 Å². The molecule has 1 aliphatic heterocycles. The minimum Gasteiger partial charge on any atom is -0.463 e. The molecule has 2 rings (SSSR count). The van der Waals surface area contributed by atoms with Crippen LogP contribution in [0.1, 0.15) is 42.1 Å². The lowest BCUT2D eigenvalue weighted by molar-refractivity contribution is 0.0562. The molecule has 19 heavy (non-hydrogen) atoms. The Morgan fingerprint density at radius 2 is 2.21 bits per heavy atom. The number of hydrogen-bond donors (Lipinski definition) is 1. The van der Waals surface area contributed by atoms with Crippen molar-refractivity contribution in [1.29, 1.82) is 0 Å². The second kappa shape index (κ2) is 6.73. The van der Waals surface area contributed by atoms with E-state index in [2.05, 4.69) is 15.0 Å². The molecule has 1 aromatic heterocycles. The zero-order valence-corrected chi connectivity index (χ0v) is 11.6. The van der Waals surface area contributed by atoms with E-state index in [4.69, 9.17) is 4.42 Å². The SMILES string of the molecule is COC(=O)c1ccc(C(C)NCCN2CCCC2)o1. The van der Waals surface area contributed by atoms with E-state index >= 15 is 0 Å². The number of carbonyl (C=O) groups is 1. The van der Waals surface area contributed by atoms with Crippen LogP contribution in [0.5, 0.6) is 0 Å². The largest absolute Gasteiger partial charge is 0.463 e. The zero-order chi connectivity index (χ0) is 13.7. The summed E-state index contributed by atoms with van der Waals surface area (Å²) in [5.74, 6) is 0.586. The van der Waals surface area contributed by atoms with Crippen molar-refractivity contribution in [3.05, 3.63) is 23.7 Å². The average Bonchev–Trinajstić information content (AvgIpc) is 3.08. The van der Waals surface area contributed by atoms with E-state index < -0.39 is 5.97 Å². The minimum absolute atomic E-state index is 0.0982. The third-order valence-corrected chi connectivity index (χ3v) is 3.52. The van der Waals surface area contributed by atoms with Gasteiger partial charge in [0.1, 0.15) is 5.76 Å². The molecule has 1 atom stereocenters. The number of nitrogens with one attached hydrogen (secondary N) is 1. The van der Waals surface area contributed by atoms with Crippen LogP contribution in [0.3, 0.4) is 0 Å². The molecule has 0 radical (unpaired) electrons. The average molecular weight is 266 g/mol. The van der Waals surface area contributed by atoms with Gasteiger partial charge in [0, 0.05) is 13.1 Å². The molecule has 1 aromatic rings. The van der Waals surface area contributed by atoms with Crippen molar-refractivity contribution in [2.75, 3.05) is 33.3 Å². The molecular weight excluding hydrogens is 244 g/mol. The highest BCUT2D eigenvalue weighted by molar-refractivity contribution is 5.86. The number of carbonyl (C=O) groups excluding carboxylic acids is 1. The highest BCUT2D eigenvalue weighted by Crippen LogP contribution is 2.16. The van der Waals surface area contributed by atoms with Crippen LogP contribution in [0.25, 0.3) is 0 Å². The normalized spacial score (nSPS) is 17.6. The van der Waals surface area contributed by atoms with Gasteiger partial charge in [0.05, 0.1) is 13.2 Å². The molecule has 5 heteroatoms. The van der Waals surface area contributed by atoms with Gasteiger partial charge in [-0.3, -0.25) is 0 Å². The quantitative estimate of drug-likeness (QED) is 0.796. The number of methoxy groups -OCH3 is 1. The third-order valence-electron chi connectivity index (χ3n) is 3.52. The Morgan fingerprint density at radius 3 is 2.89 bits per heavy atom. The van der Waals surface area contributed by atoms with Crippen molar-refractivity contribution in [3.63, 3.8) is 0 Å². The van der Waals surface area contributed by atoms with Gasteiger partial charge >= 0.3 is 5.97 Å². The molecule has 1 fully saturated rings. The fourth-order valence-corrected chi connectivity index (χ4v) is 2.34. The summed E-state index contributed by atoms with van der Waals surface area (Å²) in [5.41, 5.74) is 0. The summed E-state index contributed by atoms with van der Waals surface area (Å²) in [6.45, 7) is 6.45. The van der Waals surface area contributed by atoms with Crippen LogP contribution in [0.2, 0.25) is 0 Å². The lowest BCUT2D eigenvalue weighted by Crippen LogP contribution is -2.31. The molecule has 0 amide bonds. The second-order valence-electron chi connectivity index (χ2n) is 4.92. The molecule has 2 heterocycles. The molecule has 0 bridgehead atoms. The summed E-state index contributed by atoms with van der Waals surface area (Å²) in [6.07, 6.45) is 2.63. The molecule has 0 spiro atoms. The number of likely N-dealkylation sites (tertiary alicyclic amines) is 1. The van der Waals surface area contributed by atoms with Crippen molar-refractivity contribution >= 4 is 5.97 Å². The summed E-state index contributed by atoms with van der Waals surface area (Å²) in [4.78, 5) is 13.8. The summed E-state index contributed by atoms with van der Waals surface area (Å²) < 4.78 is 10.1. The van der Waals surface area contributed by atoms with Gasteiger partial charge < -0.3 is 19.4 Å². The Labute approximate surface area is 113 Å². The van der Waals surface area contributed by atoms with Gasteiger partial charge in [-0.15, -0.1) is 0 Å². The highest BCUT2D eigenvalue weighted by atomic mass is 16.5. The molecule has 106 valence electrons. The van der Waals surface area contributed by atoms with Crippen molar-refractivity contribution in [2.24, 2.45) is 0 Å². The molecule has 0 saturated carbocycles. The van der Waals surface area contributed by atoms with Gasteiger partial charge in [0.2, 0.25) is 5.76 Å². The van der Waals surface area contributed by atoms with Gasteiger partial charge in [0.25, 0.3) is 0 Å². The molecule has 1 N–H and O–H groups in total. The standard InChI is InChI=1S/C14H22N2O3/c1-11(15-7-10-16-8-3-4-9-16)12-5-6-13(19-12)14(17)18-2/h5-6,11,15H,3-4,7-10H2,1-2H3. The highest BCUT2D eigenvalue weighted by Gasteiger charge is 2.16. The topological polar surface area (TPSA) is 54.7 Å². The summed E-state index contributed by atoms with van der Waals surface area (Å²) in [7, 11) is 1.35. The number of rotatable bonds is 6. The molecule has 1 aliphatic rings. The maximum Gasteiger partial charge on any atom is 0.373 e. The fraction of sp³-hybridized carbons (Fsp3) is 0.643. The van der Waals surface area contributed by atoms with Crippen LogP contribution in [0, 0.1) is 0 Å². The molecule has 1 unspecified atom stereocenters. The van der Waals surface area contributed by atoms with Crippen molar-refractivity contribution < 1.29 is 13.9 Å². The van der Waals surface area contributed by atoms with Crippen molar-refractivity contribution in [3.8, 4) is 0 Å². The molecular formula is C14H22N2O3. The smallest absolute Gasteiger partial charge is 0.373 e. The first-order chi connectivity index (χ1) is 9.20. The monoisotopic (exact) mass is 266 g/mol.